The number of sulfone groups is 1. The highest BCUT2D eigenvalue weighted by Gasteiger charge is 2.32. The Balaban J connectivity index is 1.83. The molecule has 0 aliphatic rings. The third kappa shape index (κ3) is 3.70. The summed E-state index contributed by atoms with van der Waals surface area (Å²) in [6, 6.07) is 14.8. The van der Waals surface area contributed by atoms with Crippen LogP contribution in [-0.2, 0) is 9.84 Å². The van der Waals surface area contributed by atoms with Gasteiger partial charge in [-0.1, -0.05) is 35.3 Å². The van der Waals surface area contributed by atoms with Crippen LogP contribution in [0.2, 0.25) is 10.0 Å². The zero-order chi connectivity index (χ0) is 23.2. The van der Waals surface area contributed by atoms with Crippen LogP contribution in [0.5, 0.6) is 0 Å². The van der Waals surface area contributed by atoms with Gasteiger partial charge in [0.05, 0.1) is 27.2 Å². The van der Waals surface area contributed by atoms with E-state index in [2.05, 4.69) is 20.1 Å². The summed E-state index contributed by atoms with van der Waals surface area (Å²) < 4.78 is 28.7. The zero-order valence-electron chi connectivity index (χ0n) is 16.7. The second kappa shape index (κ2) is 8.11. The number of nitrogens with zero attached hydrogens (tertiary/aromatic N) is 5. The predicted octanol–water partition coefficient (Wildman–Crippen LogP) is 4.58. The van der Waals surface area contributed by atoms with Crippen LogP contribution in [0.4, 0.5) is 5.82 Å². The molecular formula is C22H14Cl2N6O2S. The van der Waals surface area contributed by atoms with E-state index in [-0.39, 0.29) is 36.8 Å². The normalized spacial score (nSPS) is 12.2. The molecule has 0 spiro atoms. The standard InChI is InChI=1S/C22H14Cl2N6O2S/c23-14-5-6-15(24)18(11-14)33(31,32)20-19-22(29-17-4-2-1-3-16(17)28-19)30(21(20)25)27-12-13-7-9-26-10-8-13/h1-12H,25H2/b27-12+. The zero-order valence-corrected chi connectivity index (χ0v) is 19.1. The number of rotatable bonds is 4. The predicted molar refractivity (Wildman–Crippen MR) is 129 cm³/mol. The number of hydrogen-bond donors (Lipinski definition) is 1. The van der Waals surface area contributed by atoms with Gasteiger partial charge in [-0.25, -0.2) is 18.4 Å². The number of anilines is 1. The molecule has 0 saturated carbocycles. The van der Waals surface area contributed by atoms with E-state index in [1.165, 1.54) is 29.1 Å². The molecule has 0 aliphatic carbocycles. The molecular weight excluding hydrogens is 483 g/mol. The molecule has 0 unspecified atom stereocenters. The lowest BCUT2D eigenvalue weighted by Gasteiger charge is -2.07. The topological polar surface area (TPSA) is 116 Å². The fourth-order valence-corrected chi connectivity index (χ4v) is 5.61. The highest BCUT2D eigenvalue weighted by Crippen LogP contribution is 2.38. The van der Waals surface area contributed by atoms with Gasteiger partial charge in [0.2, 0.25) is 9.84 Å². The number of para-hydroxylation sites is 2. The van der Waals surface area contributed by atoms with Crippen LogP contribution in [0.25, 0.3) is 22.2 Å². The van der Waals surface area contributed by atoms with Gasteiger partial charge >= 0.3 is 0 Å². The molecule has 0 bridgehead atoms. The minimum atomic E-state index is -4.23. The van der Waals surface area contributed by atoms with Gasteiger partial charge < -0.3 is 5.73 Å². The quantitative estimate of drug-likeness (QED) is 0.364. The van der Waals surface area contributed by atoms with Crippen LogP contribution in [0.3, 0.4) is 0 Å². The van der Waals surface area contributed by atoms with E-state index in [9.17, 15) is 8.42 Å². The maximum Gasteiger partial charge on any atom is 0.214 e. The molecule has 0 saturated heterocycles. The molecule has 3 heterocycles. The van der Waals surface area contributed by atoms with Crippen molar-refractivity contribution < 1.29 is 8.42 Å². The second-order valence-corrected chi connectivity index (χ2v) is 9.71. The summed E-state index contributed by atoms with van der Waals surface area (Å²) in [6.07, 6.45) is 4.75. The lowest BCUT2D eigenvalue weighted by Crippen LogP contribution is -2.07. The van der Waals surface area contributed by atoms with Crippen molar-refractivity contribution in [1.29, 1.82) is 0 Å². The Morgan fingerprint density at radius 2 is 1.67 bits per heavy atom. The molecule has 3 aromatic heterocycles. The Labute approximate surface area is 198 Å². The van der Waals surface area contributed by atoms with Crippen molar-refractivity contribution in [2.24, 2.45) is 5.10 Å². The van der Waals surface area contributed by atoms with E-state index < -0.39 is 9.84 Å². The molecule has 0 amide bonds. The minimum absolute atomic E-state index is 0.00809. The van der Waals surface area contributed by atoms with Crippen molar-refractivity contribution in [3.8, 4) is 0 Å². The first-order valence-corrected chi connectivity index (χ1v) is 11.8. The molecule has 2 N–H and O–H groups in total. The number of nitrogens with two attached hydrogens (primary N) is 1. The first-order valence-electron chi connectivity index (χ1n) is 9.57. The van der Waals surface area contributed by atoms with Crippen molar-refractivity contribution in [3.63, 3.8) is 0 Å². The summed E-state index contributed by atoms with van der Waals surface area (Å²) in [6.45, 7) is 0. The van der Waals surface area contributed by atoms with Crippen molar-refractivity contribution >= 4 is 67.3 Å². The third-order valence-electron chi connectivity index (χ3n) is 4.91. The molecule has 0 radical (unpaired) electrons. The van der Waals surface area contributed by atoms with Gasteiger partial charge in [-0.3, -0.25) is 4.98 Å². The van der Waals surface area contributed by atoms with Gasteiger partial charge in [0, 0.05) is 17.4 Å². The molecule has 0 atom stereocenters. The minimum Gasteiger partial charge on any atom is -0.382 e. The van der Waals surface area contributed by atoms with Crippen LogP contribution in [0.1, 0.15) is 5.56 Å². The molecule has 164 valence electrons. The molecule has 33 heavy (non-hydrogen) atoms. The summed E-state index contributed by atoms with van der Waals surface area (Å²) in [7, 11) is -4.23. The summed E-state index contributed by atoms with van der Waals surface area (Å²) in [5.41, 5.74) is 8.43. The number of pyridine rings is 1. The molecule has 5 aromatic rings. The highest BCUT2D eigenvalue weighted by atomic mass is 35.5. The van der Waals surface area contributed by atoms with Gasteiger partial charge in [-0.15, -0.1) is 0 Å². The molecule has 2 aromatic carbocycles. The van der Waals surface area contributed by atoms with Crippen molar-refractivity contribution in [2.45, 2.75) is 9.79 Å². The fraction of sp³-hybridized carbons (Fsp3) is 0. The van der Waals surface area contributed by atoms with E-state index in [0.29, 0.717) is 11.0 Å². The summed E-state index contributed by atoms with van der Waals surface area (Å²) in [5, 5.41) is 4.62. The van der Waals surface area contributed by atoms with E-state index in [1.54, 1.807) is 42.7 Å². The first kappa shape index (κ1) is 21.3. The lowest BCUT2D eigenvalue weighted by atomic mass is 10.3. The molecule has 0 fully saturated rings. The Bertz CT molecular complexity index is 1670. The van der Waals surface area contributed by atoms with Crippen molar-refractivity contribution in [1.82, 2.24) is 19.6 Å². The van der Waals surface area contributed by atoms with E-state index in [1.807, 2.05) is 6.07 Å². The van der Waals surface area contributed by atoms with E-state index >= 15 is 0 Å². The Kier molecular flexibility index (Phi) is 5.24. The number of hydrogen-bond acceptors (Lipinski definition) is 7. The maximum absolute atomic E-state index is 13.7. The van der Waals surface area contributed by atoms with E-state index in [4.69, 9.17) is 28.9 Å². The third-order valence-corrected chi connectivity index (χ3v) is 7.44. The van der Waals surface area contributed by atoms with Crippen LogP contribution in [0, 0.1) is 0 Å². The van der Waals surface area contributed by atoms with Gasteiger partial charge in [-0.05, 0) is 48.0 Å². The second-order valence-electron chi connectivity index (χ2n) is 7.01. The summed E-state index contributed by atoms with van der Waals surface area (Å²) in [5.74, 6) is -0.151. The Hall–Kier alpha value is -3.53. The van der Waals surface area contributed by atoms with Gasteiger partial charge in [-0.2, -0.15) is 9.78 Å². The van der Waals surface area contributed by atoms with Crippen LogP contribution < -0.4 is 5.73 Å². The SMILES string of the molecule is Nc1c(S(=O)(=O)c2cc(Cl)ccc2Cl)c2nc3ccccc3nc2n1/N=C/c1ccncc1. The smallest absolute Gasteiger partial charge is 0.214 e. The Morgan fingerprint density at radius 3 is 2.39 bits per heavy atom. The highest BCUT2D eigenvalue weighted by molar-refractivity contribution is 7.92. The lowest BCUT2D eigenvalue weighted by molar-refractivity contribution is 0.597. The fourth-order valence-electron chi connectivity index (χ4n) is 3.37. The average Bonchev–Trinajstić information content (AvgIpc) is 3.09. The van der Waals surface area contributed by atoms with Crippen molar-refractivity contribution in [3.05, 3.63) is 82.6 Å². The van der Waals surface area contributed by atoms with Crippen molar-refractivity contribution in [2.75, 3.05) is 5.73 Å². The van der Waals surface area contributed by atoms with Crippen LogP contribution in [-0.4, -0.2) is 34.3 Å². The maximum atomic E-state index is 13.7. The first-order chi connectivity index (χ1) is 15.9. The van der Waals surface area contributed by atoms with Gasteiger partial charge in [0.15, 0.2) is 5.65 Å². The number of aromatic nitrogens is 4. The monoisotopic (exact) mass is 496 g/mol. The molecule has 8 nitrogen and oxygen atoms in total. The van der Waals surface area contributed by atoms with Gasteiger partial charge in [0.25, 0.3) is 0 Å². The van der Waals surface area contributed by atoms with Gasteiger partial charge in [0.1, 0.15) is 16.2 Å². The molecule has 5 rings (SSSR count). The van der Waals surface area contributed by atoms with E-state index in [0.717, 1.165) is 5.56 Å². The number of halogens is 2. The average molecular weight is 497 g/mol. The largest absolute Gasteiger partial charge is 0.382 e. The van der Waals surface area contributed by atoms with Crippen LogP contribution >= 0.6 is 23.2 Å². The summed E-state index contributed by atoms with van der Waals surface area (Å²) in [4.78, 5) is 12.7. The number of benzene rings is 2. The molecule has 0 aliphatic heterocycles. The number of fused-ring (bicyclic) bond motifs is 2. The summed E-state index contributed by atoms with van der Waals surface area (Å²) >= 11 is 12.3. The molecule has 11 heteroatoms. The number of nitrogen functional groups attached to an aromatic ring is 1. The van der Waals surface area contributed by atoms with Crippen LogP contribution in [0.15, 0.2) is 81.9 Å². The Morgan fingerprint density at radius 1 is 0.970 bits per heavy atom.